The summed E-state index contributed by atoms with van der Waals surface area (Å²) in [5.74, 6) is 6.13. The molecule has 1 amide bonds. The molecular weight excluding hydrogens is 482 g/mol. The number of carbonyl (C=O) groups is 1. The van der Waals surface area contributed by atoms with Crippen molar-refractivity contribution in [3.8, 4) is 23.3 Å². The van der Waals surface area contributed by atoms with Gasteiger partial charge in [-0.25, -0.2) is 19.5 Å². The van der Waals surface area contributed by atoms with Gasteiger partial charge in [0.15, 0.2) is 5.65 Å². The standard InChI is InChI=1S/C25H18ClN7O3/c26-20-12-17(5-7-22(20)36-18-8-9-33-23(13-18)28-15-30-33)32-25-19-11-16(4-6-21(19)27-14-29-25)31-24(35)3-1-2-10-34/h4-9,11-15,34H,2,10H2,(H,31,35)(H,27,29,32). The lowest BCUT2D eigenvalue weighted by atomic mass is 10.2. The molecule has 3 N–H and O–H groups in total. The molecule has 0 atom stereocenters. The van der Waals surface area contributed by atoms with Crippen LogP contribution in [0.4, 0.5) is 17.2 Å². The first-order valence-electron chi connectivity index (χ1n) is 10.8. The van der Waals surface area contributed by atoms with E-state index in [4.69, 9.17) is 21.4 Å². The summed E-state index contributed by atoms with van der Waals surface area (Å²) in [6.07, 6.45) is 4.90. The van der Waals surface area contributed by atoms with E-state index in [1.165, 1.54) is 12.7 Å². The monoisotopic (exact) mass is 499 g/mol. The maximum Gasteiger partial charge on any atom is 0.300 e. The van der Waals surface area contributed by atoms with Crippen molar-refractivity contribution in [3.05, 3.63) is 72.4 Å². The van der Waals surface area contributed by atoms with Gasteiger partial charge < -0.3 is 20.5 Å². The lowest BCUT2D eigenvalue weighted by Crippen LogP contribution is -2.08. The zero-order valence-electron chi connectivity index (χ0n) is 18.6. The van der Waals surface area contributed by atoms with Gasteiger partial charge in [-0.15, -0.1) is 0 Å². The van der Waals surface area contributed by atoms with E-state index < -0.39 is 5.91 Å². The molecule has 0 radical (unpaired) electrons. The molecule has 3 heterocycles. The minimum Gasteiger partial charge on any atom is -0.456 e. The Kier molecular flexibility index (Phi) is 6.57. The Bertz CT molecular complexity index is 1640. The van der Waals surface area contributed by atoms with Crippen molar-refractivity contribution in [2.45, 2.75) is 6.42 Å². The van der Waals surface area contributed by atoms with Gasteiger partial charge in [-0.05, 0) is 48.4 Å². The Balaban J connectivity index is 1.35. The number of hydrogen-bond donors (Lipinski definition) is 3. The third-order valence-corrected chi connectivity index (χ3v) is 5.30. The Hall–Kier alpha value is -4.72. The van der Waals surface area contributed by atoms with Crippen molar-refractivity contribution in [3.63, 3.8) is 0 Å². The van der Waals surface area contributed by atoms with Gasteiger partial charge in [-0.1, -0.05) is 17.5 Å². The van der Waals surface area contributed by atoms with E-state index in [0.29, 0.717) is 50.3 Å². The first-order valence-corrected chi connectivity index (χ1v) is 11.2. The molecule has 36 heavy (non-hydrogen) atoms. The molecule has 0 unspecified atom stereocenters. The summed E-state index contributed by atoms with van der Waals surface area (Å²) >= 11 is 6.49. The number of aliphatic hydroxyl groups is 1. The molecule has 10 nitrogen and oxygen atoms in total. The highest BCUT2D eigenvalue weighted by molar-refractivity contribution is 6.32. The zero-order valence-corrected chi connectivity index (χ0v) is 19.4. The highest BCUT2D eigenvalue weighted by Gasteiger charge is 2.10. The van der Waals surface area contributed by atoms with E-state index in [1.807, 2.05) is 6.07 Å². The molecule has 0 saturated carbocycles. The summed E-state index contributed by atoms with van der Waals surface area (Å²) < 4.78 is 7.55. The topological polar surface area (TPSA) is 127 Å². The van der Waals surface area contributed by atoms with Gasteiger partial charge >= 0.3 is 0 Å². The van der Waals surface area contributed by atoms with Gasteiger partial charge in [0.25, 0.3) is 5.91 Å². The fourth-order valence-corrected chi connectivity index (χ4v) is 3.60. The molecule has 0 aliphatic heterocycles. The molecule has 0 aliphatic rings. The summed E-state index contributed by atoms with van der Waals surface area (Å²) in [7, 11) is 0. The number of benzene rings is 2. The summed E-state index contributed by atoms with van der Waals surface area (Å²) in [6, 6.07) is 14.1. The fourth-order valence-electron chi connectivity index (χ4n) is 3.38. The number of anilines is 3. The number of carbonyl (C=O) groups excluding carboxylic acids is 1. The Morgan fingerprint density at radius 1 is 1.06 bits per heavy atom. The fraction of sp³-hybridized carbons (Fsp3) is 0.0800. The lowest BCUT2D eigenvalue weighted by molar-refractivity contribution is -0.111. The smallest absolute Gasteiger partial charge is 0.300 e. The van der Waals surface area contributed by atoms with Crippen LogP contribution in [0.2, 0.25) is 5.02 Å². The van der Waals surface area contributed by atoms with Crippen molar-refractivity contribution in [2.75, 3.05) is 17.2 Å². The van der Waals surface area contributed by atoms with Crippen LogP contribution in [0.25, 0.3) is 16.6 Å². The number of halogens is 1. The molecule has 2 aromatic carbocycles. The van der Waals surface area contributed by atoms with Crippen molar-refractivity contribution in [2.24, 2.45) is 0 Å². The number of hydrogen-bond acceptors (Lipinski definition) is 8. The molecule has 178 valence electrons. The molecule has 3 aromatic heterocycles. The molecule has 11 heteroatoms. The van der Waals surface area contributed by atoms with Gasteiger partial charge in [0.1, 0.15) is 30.0 Å². The second-order valence-corrected chi connectivity index (χ2v) is 7.89. The average molecular weight is 500 g/mol. The maximum absolute atomic E-state index is 12.0. The van der Waals surface area contributed by atoms with Crippen molar-refractivity contribution in [1.82, 2.24) is 24.6 Å². The van der Waals surface area contributed by atoms with Gasteiger partial charge in [0.05, 0.1) is 17.1 Å². The zero-order chi connectivity index (χ0) is 24.9. The van der Waals surface area contributed by atoms with Crippen LogP contribution in [0.15, 0.2) is 67.4 Å². The molecule has 0 spiro atoms. The van der Waals surface area contributed by atoms with E-state index in [1.54, 1.807) is 53.2 Å². The van der Waals surface area contributed by atoms with Crippen LogP contribution < -0.4 is 15.4 Å². The van der Waals surface area contributed by atoms with Crippen LogP contribution in [0, 0.1) is 11.8 Å². The van der Waals surface area contributed by atoms with Crippen molar-refractivity contribution in [1.29, 1.82) is 0 Å². The van der Waals surface area contributed by atoms with E-state index in [0.717, 1.165) is 0 Å². The minimum atomic E-state index is -0.473. The third kappa shape index (κ3) is 5.17. The summed E-state index contributed by atoms with van der Waals surface area (Å²) in [5, 5.41) is 19.9. The first-order chi connectivity index (χ1) is 17.6. The number of nitrogens with one attached hydrogen (secondary N) is 2. The quantitative estimate of drug-likeness (QED) is 0.297. The molecule has 0 bridgehead atoms. The largest absolute Gasteiger partial charge is 0.456 e. The van der Waals surface area contributed by atoms with Crippen molar-refractivity contribution >= 4 is 51.3 Å². The van der Waals surface area contributed by atoms with E-state index in [2.05, 4.69) is 42.5 Å². The Morgan fingerprint density at radius 2 is 1.94 bits per heavy atom. The van der Waals surface area contributed by atoms with E-state index in [9.17, 15) is 4.79 Å². The van der Waals surface area contributed by atoms with Crippen LogP contribution in [0.3, 0.4) is 0 Å². The van der Waals surface area contributed by atoms with Crippen LogP contribution in [0.5, 0.6) is 11.5 Å². The highest BCUT2D eigenvalue weighted by Crippen LogP contribution is 2.33. The van der Waals surface area contributed by atoms with Gasteiger partial charge in [-0.3, -0.25) is 4.79 Å². The molecule has 5 rings (SSSR count). The van der Waals surface area contributed by atoms with Crippen LogP contribution in [-0.2, 0) is 4.79 Å². The summed E-state index contributed by atoms with van der Waals surface area (Å²) in [5.41, 5.74) is 2.57. The second kappa shape index (κ2) is 10.3. The van der Waals surface area contributed by atoms with Gasteiger partial charge in [-0.2, -0.15) is 5.10 Å². The number of rotatable bonds is 6. The van der Waals surface area contributed by atoms with Crippen molar-refractivity contribution < 1.29 is 14.6 Å². The van der Waals surface area contributed by atoms with Crippen LogP contribution >= 0.6 is 11.6 Å². The van der Waals surface area contributed by atoms with Crippen LogP contribution in [-0.4, -0.2) is 42.2 Å². The number of aliphatic hydroxyl groups excluding tert-OH is 1. The number of nitrogens with zero attached hydrogens (tertiary/aromatic N) is 5. The lowest BCUT2D eigenvalue weighted by Gasteiger charge is -2.12. The predicted molar refractivity (Wildman–Crippen MR) is 135 cm³/mol. The number of aromatic nitrogens is 5. The second-order valence-electron chi connectivity index (χ2n) is 7.48. The number of amides is 1. The number of pyridine rings is 1. The Labute approximate surface area is 209 Å². The van der Waals surface area contributed by atoms with Crippen LogP contribution in [0.1, 0.15) is 6.42 Å². The maximum atomic E-state index is 12.0. The van der Waals surface area contributed by atoms with E-state index in [-0.39, 0.29) is 13.0 Å². The predicted octanol–water partition coefficient (Wildman–Crippen LogP) is 4.19. The highest BCUT2D eigenvalue weighted by atomic mass is 35.5. The third-order valence-electron chi connectivity index (χ3n) is 5.01. The molecule has 0 saturated heterocycles. The molecule has 0 fully saturated rings. The molecular formula is C25H18ClN7O3. The minimum absolute atomic E-state index is 0.0986. The number of ether oxygens (including phenoxy) is 1. The number of fused-ring (bicyclic) bond motifs is 2. The summed E-state index contributed by atoms with van der Waals surface area (Å²) in [4.78, 5) is 24.8. The Morgan fingerprint density at radius 3 is 2.81 bits per heavy atom. The van der Waals surface area contributed by atoms with Gasteiger partial charge in [0.2, 0.25) is 0 Å². The normalized spacial score (nSPS) is 10.6. The summed E-state index contributed by atoms with van der Waals surface area (Å²) in [6.45, 7) is -0.0986. The molecule has 5 aromatic rings. The van der Waals surface area contributed by atoms with E-state index >= 15 is 0 Å². The van der Waals surface area contributed by atoms with Gasteiger partial charge in [0, 0.05) is 35.4 Å². The average Bonchev–Trinajstić information content (AvgIpc) is 3.34. The molecule has 0 aliphatic carbocycles. The SMILES string of the molecule is O=C(C#CCCO)Nc1ccc2ncnc(Nc3ccc(Oc4ccn5ncnc5c4)c(Cl)c3)c2c1. The first kappa shape index (κ1) is 23.0.